The van der Waals surface area contributed by atoms with Gasteiger partial charge in [-0.1, -0.05) is 109 Å². The summed E-state index contributed by atoms with van der Waals surface area (Å²) in [5, 5.41) is 2.89. The van der Waals surface area contributed by atoms with Gasteiger partial charge in [0.05, 0.1) is 5.41 Å². The Morgan fingerprint density at radius 3 is 1.74 bits per heavy atom. The summed E-state index contributed by atoms with van der Waals surface area (Å²) in [7, 11) is 0. The minimum absolute atomic E-state index is 0. The van der Waals surface area contributed by atoms with Crippen molar-refractivity contribution in [2.45, 2.75) is 142 Å². The highest BCUT2D eigenvalue weighted by atomic mass is 79.9. The summed E-state index contributed by atoms with van der Waals surface area (Å²) in [4.78, 5) is 24.4. The molecule has 0 saturated carbocycles. The second-order valence-electron chi connectivity index (χ2n) is 12.4. The number of hydrogen-bond acceptors (Lipinski definition) is 5. The number of carbonyl (C=O) groups is 2. The van der Waals surface area contributed by atoms with Crippen molar-refractivity contribution in [2.24, 2.45) is 5.41 Å². The summed E-state index contributed by atoms with van der Waals surface area (Å²) in [6.07, 6.45) is 28.6. The molecule has 1 aromatic rings. The first-order chi connectivity index (χ1) is 20.6. The van der Waals surface area contributed by atoms with Gasteiger partial charge in [-0.05, 0) is 19.3 Å². The van der Waals surface area contributed by atoms with E-state index in [9.17, 15) is 9.59 Å². The van der Waals surface area contributed by atoms with E-state index < -0.39 is 0 Å². The minimum atomic E-state index is -0.352. The molecule has 6 nitrogen and oxygen atoms in total. The van der Waals surface area contributed by atoms with Crippen LogP contribution in [0.5, 0.6) is 0 Å². The summed E-state index contributed by atoms with van der Waals surface area (Å²) in [5.41, 5.74) is -0.226. The van der Waals surface area contributed by atoms with Crippen molar-refractivity contribution in [3.8, 4) is 0 Å². The van der Waals surface area contributed by atoms with E-state index in [1.54, 1.807) is 11.8 Å². The van der Waals surface area contributed by atoms with Gasteiger partial charge in [-0.3, -0.25) is 4.79 Å². The Labute approximate surface area is 278 Å². The van der Waals surface area contributed by atoms with E-state index in [1.807, 2.05) is 18.2 Å². The maximum Gasteiger partial charge on any atom is 0.407 e. The Balaban J connectivity index is 0.00000924. The van der Waals surface area contributed by atoms with E-state index in [2.05, 4.69) is 29.2 Å². The lowest BCUT2D eigenvalue weighted by Gasteiger charge is -2.39. The molecule has 8 heteroatoms. The molecule has 0 aromatic carbocycles. The Bertz CT molecular complexity index is 810. The number of hydrogen-bond donors (Lipinski definition) is 1. The van der Waals surface area contributed by atoms with E-state index >= 15 is 0 Å². The number of ether oxygens (including phenoxy) is 2. The molecule has 248 valence electrons. The monoisotopic (exact) mass is 684 g/mol. The molecule has 1 fully saturated rings. The third kappa shape index (κ3) is 21.2. The zero-order valence-corrected chi connectivity index (χ0v) is 29.5. The molecule has 0 unspecified atom stereocenters. The average Bonchev–Trinajstić information content (AvgIpc) is 2.98. The highest BCUT2D eigenvalue weighted by Crippen LogP contribution is 2.38. The summed E-state index contributed by atoms with van der Waals surface area (Å²) in [6, 6.07) is 6.07. The van der Waals surface area contributed by atoms with Crippen molar-refractivity contribution in [3.05, 3.63) is 30.6 Å². The second kappa shape index (κ2) is 27.1. The van der Waals surface area contributed by atoms with Crippen LogP contribution in [0.25, 0.3) is 0 Å². The molecular formula is C35H61BrN2O4S. The molecule has 0 atom stereocenters. The lowest BCUT2D eigenvalue weighted by molar-refractivity contribution is -0.697. The van der Waals surface area contributed by atoms with Crippen molar-refractivity contribution < 1.29 is 40.6 Å². The second-order valence-corrected chi connectivity index (χ2v) is 13.4. The molecular weight excluding hydrogens is 624 g/mol. The van der Waals surface area contributed by atoms with E-state index in [0.717, 1.165) is 50.2 Å². The predicted molar refractivity (Wildman–Crippen MR) is 175 cm³/mol. The number of halogens is 1. The largest absolute Gasteiger partial charge is 1.00 e. The third-order valence-corrected chi connectivity index (χ3v) is 9.87. The van der Waals surface area contributed by atoms with Crippen molar-refractivity contribution >= 4 is 23.8 Å². The summed E-state index contributed by atoms with van der Waals surface area (Å²) >= 11 is 1.81. The molecule has 1 saturated heterocycles. The average molecular weight is 686 g/mol. The van der Waals surface area contributed by atoms with Gasteiger partial charge >= 0.3 is 12.1 Å². The number of alkyl carbamates (subject to hydrolysis) is 1. The number of nitrogens with zero attached hydrogens (tertiary/aromatic N) is 1. The number of nitrogens with one attached hydrogen (secondary N) is 1. The maximum absolute atomic E-state index is 12.2. The molecule has 0 bridgehead atoms. The van der Waals surface area contributed by atoms with Gasteiger partial charge in [-0.15, -0.1) is 0 Å². The molecule has 2 heterocycles. The fourth-order valence-electron chi connectivity index (χ4n) is 5.36. The lowest BCUT2D eigenvalue weighted by Crippen LogP contribution is -3.00. The number of aromatic nitrogens is 1. The number of amides is 1. The van der Waals surface area contributed by atoms with Gasteiger partial charge in [0.1, 0.15) is 19.8 Å². The number of unbranched alkanes of at least 4 members (excludes halogenated alkanes) is 17. The molecule has 1 aromatic heterocycles. The maximum atomic E-state index is 12.2. The fraction of sp³-hybridized carbons (Fsp3) is 0.800. The van der Waals surface area contributed by atoms with Crippen LogP contribution in [-0.4, -0.2) is 43.3 Å². The molecule has 2 rings (SSSR count). The highest BCUT2D eigenvalue weighted by molar-refractivity contribution is 8.00. The third-order valence-electron chi connectivity index (χ3n) is 8.24. The quantitative estimate of drug-likeness (QED) is 0.0721. The number of aryl methyl sites for hydroxylation is 1. The van der Waals surface area contributed by atoms with E-state index in [0.29, 0.717) is 26.2 Å². The van der Waals surface area contributed by atoms with Gasteiger partial charge in [-0.25, -0.2) is 9.36 Å². The molecule has 43 heavy (non-hydrogen) atoms. The normalized spacial score (nSPS) is 13.5. The van der Waals surface area contributed by atoms with Crippen LogP contribution >= 0.6 is 11.8 Å². The molecule has 0 radical (unpaired) electrons. The molecule has 0 aliphatic carbocycles. The predicted octanol–water partition coefficient (Wildman–Crippen LogP) is 5.80. The van der Waals surface area contributed by atoms with Crippen LogP contribution in [0.3, 0.4) is 0 Å². The van der Waals surface area contributed by atoms with Gasteiger partial charge < -0.3 is 31.8 Å². The molecule has 1 amide bonds. The Hall–Kier alpha value is -1.28. The Kier molecular flexibility index (Phi) is 25.0. The molecule has 1 aliphatic rings. The molecule has 1 N–H and O–H groups in total. The zero-order chi connectivity index (χ0) is 30.0. The molecule has 1 aliphatic heterocycles. The van der Waals surface area contributed by atoms with Crippen LogP contribution in [0.1, 0.15) is 135 Å². The number of thioether (sulfide) groups is 1. The smallest absolute Gasteiger partial charge is 0.407 e. The van der Waals surface area contributed by atoms with Crippen molar-refractivity contribution in [1.29, 1.82) is 0 Å². The van der Waals surface area contributed by atoms with Crippen molar-refractivity contribution in [3.63, 3.8) is 0 Å². The zero-order valence-electron chi connectivity index (χ0n) is 27.1. The fourth-order valence-corrected chi connectivity index (χ4v) is 6.48. The van der Waals surface area contributed by atoms with Crippen LogP contribution in [0.4, 0.5) is 4.79 Å². The van der Waals surface area contributed by atoms with Crippen LogP contribution in [0.15, 0.2) is 30.6 Å². The summed E-state index contributed by atoms with van der Waals surface area (Å²) < 4.78 is 13.2. The number of esters is 1. The first-order valence-corrected chi connectivity index (χ1v) is 18.4. The van der Waals surface area contributed by atoms with Gasteiger partial charge in [0.15, 0.2) is 12.4 Å². The van der Waals surface area contributed by atoms with Crippen LogP contribution < -0.4 is 26.9 Å². The van der Waals surface area contributed by atoms with E-state index in [-0.39, 0.29) is 34.5 Å². The topological polar surface area (TPSA) is 68.5 Å². The van der Waals surface area contributed by atoms with Gasteiger partial charge in [0, 0.05) is 43.0 Å². The lowest BCUT2D eigenvalue weighted by atomic mass is 9.94. The van der Waals surface area contributed by atoms with Crippen molar-refractivity contribution in [1.82, 2.24) is 5.32 Å². The minimum Gasteiger partial charge on any atom is -1.00 e. The Morgan fingerprint density at radius 1 is 0.698 bits per heavy atom. The highest BCUT2D eigenvalue weighted by Gasteiger charge is 2.40. The van der Waals surface area contributed by atoms with Gasteiger partial charge in [-0.2, -0.15) is 11.8 Å². The van der Waals surface area contributed by atoms with Crippen LogP contribution in [-0.2, 0) is 20.8 Å². The number of rotatable bonds is 27. The van der Waals surface area contributed by atoms with Gasteiger partial charge in [0.2, 0.25) is 0 Å². The van der Waals surface area contributed by atoms with E-state index in [1.165, 1.54) is 89.9 Å². The summed E-state index contributed by atoms with van der Waals surface area (Å²) in [5.74, 6) is 1.58. The number of pyridine rings is 1. The Morgan fingerprint density at radius 2 is 1.21 bits per heavy atom. The van der Waals surface area contributed by atoms with Gasteiger partial charge in [0.25, 0.3) is 0 Å². The molecule has 0 spiro atoms. The van der Waals surface area contributed by atoms with Crippen LogP contribution in [0.2, 0.25) is 0 Å². The number of carbonyl (C=O) groups excluding carboxylic acids is 2. The standard InChI is InChI=1S/C35H60N2O4S.BrH/c1-2-3-4-5-6-7-8-9-10-11-12-13-14-15-16-20-25-36-34(39)41-30-35(31-42-32-35)29-40-33(38)24-19-17-21-26-37-27-22-18-23-28-37;/h18,22-23,27-28H,2-17,19-21,24-26,29-32H2,1H3;1H. The first-order valence-electron chi connectivity index (χ1n) is 17.2. The van der Waals surface area contributed by atoms with Crippen molar-refractivity contribution in [2.75, 3.05) is 31.3 Å². The summed E-state index contributed by atoms with van der Waals surface area (Å²) in [6.45, 7) is 4.56. The van der Waals surface area contributed by atoms with E-state index in [4.69, 9.17) is 9.47 Å². The van der Waals surface area contributed by atoms with Crippen LogP contribution in [0, 0.1) is 5.41 Å². The SMILES string of the molecule is CCCCCCCCCCCCCCCCCCNC(=O)OCC1(COC(=O)CCCCC[n+]2ccccc2)CSC1.[Br-]. The first kappa shape index (κ1) is 39.7.